The first-order valence-corrected chi connectivity index (χ1v) is 3.89. The van der Waals surface area contributed by atoms with Gasteiger partial charge in [-0.15, -0.1) is 0 Å². The summed E-state index contributed by atoms with van der Waals surface area (Å²) in [7, 11) is 0. The van der Waals surface area contributed by atoms with Crippen molar-refractivity contribution in [1.29, 1.82) is 0 Å². The lowest BCUT2D eigenvalue weighted by atomic mass is 10.3. The Kier molecular flexibility index (Phi) is 1.33. The van der Waals surface area contributed by atoms with Gasteiger partial charge in [-0.3, -0.25) is 0 Å². The fourth-order valence-corrected chi connectivity index (χ4v) is 1.37. The minimum absolute atomic E-state index is 0.604. The Balaban J connectivity index is 2.90. The van der Waals surface area contributed by atoms with E-state index in [1.165, 1.54) is 5.56 Å². The molecule has 0 spiro atoms. The lowest BCUT2D eigenvalue weighted by Crippen LogP contribution is -1.88. The van der Waals surface area contributed by atoms with Crippen LogP contribution in [-0.4, -0.2) is 9.38 Å². The highest BCUT2D eigenvalue weighted by atomic mass is 15.1. The van der Waals surface area contributed by atoms with Crippen LogP contribution < -0.4 is 5.73 Å². The quantitative estimate of drug-likeness (QED) is 0.636. The number of hydrogen-bond acceptors (Lipinski definition) is 2. The third-order valence-corrected chi connectivity index (χ3v) is 1.99. The summed E-state index contributed by atoms with van der Waals surface area (Å²) in [5.74, 6) is 1.54. The van der Waals surface area contributed by atoms with Gasteiger partial charge < -0.3 is 10.1 Å². The number of aryl methyl sites for hydroxylation is 2. The largest absolute Gasteiger partial charge is 0.382 e. The van der Waals surface area contributed by atoms with Gasteiger partial charge in [0.05, 0.1) is 5.52 Å². The number of nitrogens with zero attached hydrogens (tertiary/aromatic N) is 2. The zero-order chi connectivity index (χ0) is 8.72. The van der Waals surface area contributed by atoms with Crippen molar-refractivity contribution in [2.75, 3.05) is 5.73 Å². The number of fused-ring (bicyclic) bond motifs is 1. The SMILES string of the molecule is Cc1ccc2c(N)nc(C)n2c1. The van der Waals surface area contributed by atoms with Crippen molar-refractivity contribution in [3.05, 3.63) is 29.7 Å². The molecule has 0 saturated heterocycles. The molecule has 3 nitrogen and oxygen atoms in total. The van der Waals surface area contributed by atoms with E-state index in [2.05, 4.69) is 11.9 Å². The van der Waals surface area contributed by atoms with E-state index in [0.717, 1.165) is 11.3 Å². The maximum atomic E-state index is 5.70. The van der Waals surface area contributed by atoms with Gasteiger partial charge in [-0.25, -0.2) is 4.98 Å². The van der Waals surface area contributed by atoms with Crippen LogP contribution in [0, 0.1) is 13.8 Å². The van der Waals surface area contributed by atoms with Crippen molar-refractivity contribution in [1.82, 2.24) is 9.38 Å². The molecule has 0 aliphatic heterocycles. The Labute approximate surface area is 70.8 Å². The molecule has 12 heavy (non-hydrogen) atoms. The first-order valence-electron chi connectivity index (χ1n) is 3.89. The van der Waals surface area contributed by atoms with E-state index in [1.807, 2.05) is 29.7 Å². The summed E-state index contributed by atoms with van der Waals surface area (Å²) in [5, 5.41) is 0. The fraction of sp³-hybridized carbons (Fsp3) is 0.222. The zero-order valence-electron chi connectivity index (χ0n) is 7.20. The molecular weight excluding hydrogens is 150 g/mol. The van der Waals surface area contributed by atoms with Crippen molar-refractivity contribution in [3.63, 3.8) is 0 Å². The molecule has 0 radical (unpaired) electrons. The number of rotatable bonds is 0. The molecule has 0 aliphatic rings. The van der Waals surface area contributed by atoms with E-state index < -0.39 is 0 Å². The average molecular weight is 161 g/mol. The van der Waals surface area contributed by atoms with E-state index in [-0.39, 0.29) is 0 Å². The number of aromatic nitrogens is 2. The molecule has 3 heteroatoms. The van der Waals surface area contributed by atoms with Crippen molar-refractivity contribution in [2.24, 2.45) is 0 Å². The highest BCUT2D eigenvalue weighted by Gasteiger charge is 2.02. The van der Waals surface area contributed by atoms with Crippen LogP contribution in [-0.2, 0) is 0 Å². The fourth-order valence-electron chi connectivity index (χ4n) is 1.37. The van der Waals surface area contributed by atoms with Crippen LogP contribution in [0.25, 0.3) is 5.52 Å². The van der Waals surface area contributed by atoms with Gasteiger partial charge in [0.2, 0.25) is 0 Å². The van der Waals surface area contributed by atoms with Crippen LogP contribution in [0.15, 0.2) is 18.3 Å². The van der Waals surface area contributed by atoms with Gasteiger partial charge in [0, 0.05) is 6.20 Å². The maximum absolute atomic E-state index is 5.70. The summed E-state index contributed by atoms with van der Waals surface area (Å²) in [6, 6.07) is 4.03. The average Bonchev–Trinajstić information content (AvgIpc) is 2.28. The zero-order valence-corrected chi connectivity index (χ0v) is 7.20. The first-order chi connectivity index (χ1) is 5.68. The molecule has 2 N–H and O–H groups in total. The predicted octanol–water partition coefficient (Wildman–Crippen LogP) is 1.53. The third kappa shape index (κ3) is 0.863. The molecular formula is C9H11N3. The maximum Gasteiger partial charge on any atom is 0.149 e. The number of nitrogens with two attached hydrogens (primary N) is 1. The molecule has 0 atom stereocenters. The number of imidazole rings is 1. The van der Waals surface area contributed by atoms with Crippen LogP contribution >= 0.6 is 0 Å². The summed E-state index contributed by atoms with van der Waals surface area (Å²) < 4.78 is 2.00. The minimum atomic E-state index is 0.604. The smallest absolute Gasteiger partial charge is 0.149 e. The van der Waals surface area contributed by atoms with Crippen molar-refractivity contribution >= 4 is 11.3 Å². The topological polar surface area (TPSA) is 43.3 Å². The second kappa shape index (κ2) is 2.24. The standard InChI is InChI=1S/C9H11N3/c1-6-3-4-8-9(10)11-7(2)12(8)5-6/h3-5H,10H2,1-2H3. The first kappa shape index (κ1) is 7.16. The highest BCUT2D eigenvalue weighted by Crippen LogP contribution is 2.14. The molecule has 0 amide bonds. The Morgan fingerprint density at radius 3 is 2.83 bits per heavy atom. The van der Waals surface area contributed by atoms with Crippen molar-refractivity contribution in [2.45, 2.75) is 13.8 Å². The Bertz CT molecular complexity index is 429. The summed E-state index contributed by atoms with van der Waals surface area (Å²) >= 11 is 0. The normalized spacial score (nSPS) is 10.8. The molecule has 0 aromatic carbocycles. The van der Waals surface area contributed by atoms with E-state index in [9.17, 15) is 0 Å². The number of pyridine rings is 1. The highest BCUT2D eigenvalue weighted by molar-refractivity contribution is 5.66. The monoisotopic (exact) mass is 161 g/mol. The second-order valence-electron chi connectivity index (χ2n) is 3.01. The summed E-state index contributed by atoms with van der Waals surface area (Å²) in [4.78, 5) is 4.17. The molecule has 2 heterocycles. The summed E-state index contributed by atoms with van der Waals surface area (Å²) in [5.41, 5.74) is 7.89. The van der Waals surface area contributed by atoms with Gasteiger partial charge in [-0.05, 0) is 25.5 Å². The van der Waals surface area contributed by atoms with E-state index in [1.54, 1.807) is 0 Å². The van der Waals surface area contributed by atoms with Crippen LogP contribution in [0.3, 0.4) is 0 Å². The molecule has 0 aliphatic carbocycles. The summed E-state index contributed by atoms with van der Waals surface area (Å²) in [6.45, 7) is 4.00. The van der Waals surface area contributed by atoms with Crippen LogP contribution in [0.2, 0.25) is 0 Å². The number of nitrogen functional groups attached to an aromatic ring is 1. The lowest BCUT2D eigenvalue weighted by molar-refractivity contribution is 1.03. The number of anilines is 1. The molecule has 0 bridgehead atoms. The lowest BCUT2D eigenvalue weighted by Gasteiger charge is -1.97. The molecule has 0 unspecified atom stereocenters. The van der Waals surface area contributed by atoms with Gasteiger partial charge in [0.1, 0.15) is 11.6 Å². The van der Waals surface area contributed by atoms with E-state index in [4.69, 9.17) is 5.73 Å². The molecule has 2 aromatic heterocycles. The Hall–Kier alpha value is -1.51. The predicted molar refractivity (Wildman–Crippen MR) is 49.1 cm³/mol. The molecule has 2 aromatic rings. The molecule has 2 rings (SSSR count). The minimum Gasteiger partial charge on any atom is -0.382 e. The molecule has 62 valence electrons. The Morgan fingerprint density at radius 1 is 1.33 bits per heavy atom. The van der Waals surface area contributed by atoms with Crippen LogP contribution in [0.4, 0.5) is 5.82 Å². The van der Waals surface area contributed by atoms with Crippen LogP contribution in [0.1, 0.15) is 11.4 Å². The van der Waals surface area contributed by atoms with Gasteiger partial charge in [0.15, 0.2) is 0 Å². The third-order valence-electron chi connectivity index (χ3n) is 1.99. The van der Waals surface area contributed by atoms with Gasteiger partial charge in [-0.2, -0.15) is 0 Å². The van der Waals surface area contributed by atoms with Gasteiger partial charge in [0.25, 0.3) is 0 Å². The van der Waals surface area contributed by atoms with Gasteiger partial charge in [-0.1, -0.05) is 6.07 Å². The molecule has 0 saturated carbocycles. The number of hydrogen-bond donors (Lipinski definition) is 1. The van der Waals surface area contributed by atoms with Crippen molar-refractivity contribution < 1.29 is 0 Å². The summed E-state index contributed by atoms with van der Waals surface area (Å²) in [6.07, 6.45) is 2.04. The van der Waals surface area contributed by atoms with E-state index >= 15 is 0 Å². The second-order valence-corrected chi connectivity index (χ2v) is 3.01. The van der Waals surface area contributed by atoms with Gasteiger partial charge >= 0.3 is 0 Å². The Morgan fingerprint density at radius 2 is 2.08 bits per heavy atom. The van der Waals surface area contributed by atoms with Crippen LogP contribution in [0.5, 0.6) is 0 Å². The molecule has 0 fully saturated rings. The van der Waals surface area contributed by atoms with Crippen molar-refractivity contribution in [3.8, 4) is 0 Å². The van der Waals surface area contributed by atoms with E-state index in [0.29, 0.717) is 5.82 Å².